The average Bonchev–Trinajstić information content (AvgIpc) is 2.93. The summed E-state index contributed by atoms with van der Waals surface area (Å²) in [6.07, 6.45) is -0.745. The van der Waals surface area contributed by atoms with Crippen LogP contribution in [-0.4, -0.2) is 22.1 Å². The number of hydrogen-bond donors (Lipinski definition) is 2. The molecule has 9 heteroatoms. The second-order valence-corrected chi connectivity index (χ2v) is 6.37. The van der Waals surface area contributed by atoms with Crippen molar-refractivity contribution in [3.63, 3.8) is 0 Å². The number of phenols is 1. The minimum Gasteiger partial charge on any atom is -0.504 e. The lowest BCUT2D eigenvalue weighted by molar-refractivity contribution is -0.137. The normalized spacial score (nSPS) is 15.0. The molecule has 2 aromatic rings. The van der Waals surface area contributed by atoms with Gasteiger partial charge in [-0.25, -0.2) is 4.98 Å². The standard InChI is InChI=1S/C15H13F3N2O3S/c16-15(17,18)14-19-7-12(24-14)20-13(22)8-4-5-10(21)11(6-8)23-9-2-1-3-9/h4-7,9,21H,1-3H2,(H,20,22). The topological polar surface area (TPSA) is 71.5 Å². The largest absolute Gasteiger partial charge is 0.504 e. The second-order valence-electron chi connectivity index (χ2n) is 5.33. The molecule has 1 fully saturated rings. The number of aromatic nitrogens is 1. The molecule has 0 spiro atoms. The van der Waals surface area contributed by atoms with Gasteiger partial charge in [0.25, 0.3) is 5.91 Å². The Hall–Kier alpha value is -2.29. The lowest BCUT2D eigenvalue weighted by Crippen LogP contribution is -2.24. The molecule has 0 saturated heterocycles. The van der Waals surface area contributed by atoms with Crippen LogP contribution in [0.1, 0.15) is 34.6 Å². The van der Waals surface area contributed by atoms with E-state index < -0.39 is 17.1 Å². The molecule has 24 heavy (non-hydrogen) atoms. The van der Waals surface area contributed by atoms with Crippen molar-refractivity contribution < 1.29 is 27.8 Å². The number of ether oxygens (including phenoxy) is 1. The highest BCUT2D eigenvalue weighted by molar-refractivity contribution is 7.16. The second kappa shape index (κ2) is 6.31. The van der Waals surface area contributed by atoms with Gasteiger partial charge in [-0.2, -0.15) is 13.2 Å². The molecule has 0 aliphatic heterocycles. The summed E-state index contributed by atoms with van der Waals surface area (Å²) in [6, 6.07) is 4.05. The van der Waals surface area contributed by atoms with Crippen molar-refractivity contribution in [1.29, 1.82) is 0 Å². The first-order valence-electron chi connectivity index (χ1n) is 7.17. The lowest BCUT2D eigenvalue weighted by Gasteiger charge is -2.26. The predicted molar refractivity (Wildman–Crippen MR) is 81.4 cm³/mol. The van der Waals surface area contributed by atoms with Gasteiger partial charge in [0, 0.05) is 5.56 Å². The fraction of sp³-hybridized carbons (Fsp3) is 0.333. The maximum atomic E-state index is 12.5. The molecule has 1 aliphatic carbocycles. The molecule has 2 N–H and O–H groups in total. The minimum absolute atomic E-state index is 0.0122. The number of phenolic OH excluding ortho intramolecular Hbond substituents is 1. The number of anilines is 1. The van der Waals surface area contributed by atoms with E-state index in [9.17, 15) is 23.1 Å². The summed E-state index contributed by atoms with van der Waals surface area (Å²) in [5.41, 5.74) is 0.170. The van der Waals surface area contributed by atoms with Crippen molar-refractivity contribution in [2.75, 3.05) is 5.32 Å². The number of alkyl halides is 3. The van der Waals surface area contributed by atoms with Gasteiger partial charge in [0.05, 0.1) is 12.3 Å². The number of benzene rings is 1. The van der Waals surface area contributed by atoms with Gasteiger partial charge < -0.3 is 15.2 Å². The van der Waals surface area contributed by atoms with E-state index in [0.717, 1.165) is 25.5 Å². The number of aromatic hydroxyl groups is 1. The third-order valence-electron chi connectivity index (χ3n) is 3.55. The molecule has 0 radical (unpaired) electrons. The molecule has 5 nitrogen and oxygen atoms in total. The fourth-order valence-corrected chi connectivity index (χ4v) is 2.74. The molecular weight excluding hydrogens is 345 g/mol. The Morgan fingerprint density at radius 1 is 1.38 bits per heavy atom. The highest BCUT2D eigenvalue weighted by Gasteiger charge is 2.34. The maximum Gasteiger partial charge on any atom is 0.443 e. The van der Waals surface area contributed by atoms with Crippen LogP contribution in [0.5, 0.6) is 11.5 Å². The summed E-state index contributed by atoms with van der Waals surface area (Å²) in [6.45, 7) is 0. The van der Waals surface area contributed by atoms with Crippen molar-refractivity contribution >= 4 is 22.2 Å². The first-order valence-corrected chi connectivity index (χ1v) is 7.98. The molecule has 0 atom stereocenters. The van der Waals surface area contributed by atoms with Gasteiger partial charge in [0.15, 0.2) is 16.5 Å². The van der Waals surface area contributed by atoms with Gasteiger partial charge in [0.1, 0.15) is 5.00 Å². The Labute approximate surface area is 139 Å². The van der Waals surface area contributed by atoms with E-state index in [2.05, 4.69) is 10.3 Å². The molecule has 128 valence electrons. The van der Waals surface area contributed by atoms with Gasteiger partial charge in [-0.15, -0.1) is 0 Å². The summed E-state index contributed by atoms with van der Waals surface area (Å²) >= 11 is 0.345. The van der Waals surface area contributed by atoms with E-state index >= 15 is 0 Å². The van der Waals surface area contributed by atoms with E-state index in [1.807, 2.05) is 0 Å². The first-order chi connectivity index (χ1) is 11.3. The van der Waals surface area contributed by atoms with Gasteiger partial charge in [-0.3, -0.25) is 4.79 Å². The van der Waals surface area contributed by atoms with Gasteiger partial charge in [-0.1, -0.05) is 11.3 Å². The minimum atomic E-state index is -4.55. The third-order valence-corrected chi connectivity index (χ3v) is 4.51. The summed E-state index contributed by atoms with van der Waals surface area (Å²) in [5, 5.41) is 11.1. The smallest absolute Gasteiger partial charge is 0.443 e. The maximum absolute atomic E-state index is 12.5. The molecule has 0 unspecified atom stereocenters. The molecule has 1 aliphatic rings. The SMILES string of the molecule is O=C(Nc1cnc(C(F)(F)F)s1)c1ccc(O)c(OC2CCC2)c1. The fourth-order valence-electron chi connectivity index (χ4n) is 2.06. The third kappa shape index (κ3) is 3.61. The number of carbonyl (C=O) groups is 1. The molecule has 1 aromatic heterocycles. The van der Waals surface area contributed by atoms with Crippen LogP contribution in [0.3, 0.4) is 0 Å². The van der Waals surface area contributed by atoms with Crippen LogP contribution in [0, 0.1) is 0 Å². The molecular formula is C15H13F3N2O3S. The van der Waals surface area contributed by atoms with E-state index in [4.69, 9.17) is 4.74 Å². The Balaban J connectivity index is 1.72. The zero-order valence-corrected chi connectivity index (χ0v) is 13.1. The van der Waals surface area contributed by atoms with Crippen LogP contribution in [0.4, 0.5) is 18.2 Å². The van der Waals surface area contributed by atoms with E-state index in [-0.39, 0.29) is 28.2 Å². The van der Waals surface area contributed by atoms with Crippen molar-refractivity contribution in [2.24, 2.45) is 0 Å². The molecule has 1 heterocycles. The van der Waals surface area contributed by atoms with Gasteiger partial charge in [0.2, 0.25) is 0 Å². The van der Waals surface area contributed by atoms with Crippen LogP contribution in [0.2, 0.25) is 0 Å². The van der Waals surface area contributed by atoms with Gasteiger partial charge in [-0.05, 0) is 37.5 Å². The van der Waals surface area contributed by atoms with Crippen LogP contribution in [-0.2, 0) is 6.18 Å². The number of hydrogen-bond acceptors (Lipinski definition) is 5. The van der Waals surface area contributed by atoms with Crippen molar-refractivity contribution in [3.05, 3.63) is 35.0 Å². The number of carbonyl (C=O) groups excluding carboxylic acids is 1. The molecule has 1 saturated carbocycles. The number of halogens is 3. The number of nitrogens with one attached hydrogen (secondary N) is 1. The zero-order chi connectivity index (χ0) is 17.3. The Kier molecular flexibility index (Phi) is 4.35. The Morgan fingerprint density at radius 3 is 2.71 bits per heavy atom. The molecule has 3 rings (SSSR count). The van der Waals surface area contributed by atoms with E-state index in [1.165, 1.54) is 18.2 Å². The molecule has 1 aromatic carbocycles. The Bertz CT molecular complexity index is 757. The first kappa shape index (κ1) is 16.6. The highest BCUT2D eigenvalue weighted by atomic mass is 32.1. The average molecular weight is 358 g/mol. The van der Waals surface area contributed by atoms with E-state index in [1.54, 1.807) is 0 Å². The number of nitrogens with zero attached hydrogens (tertiary/aromatic N) is 1. The lowest BCUT2D eigenvalue weighted by atomic mass is 9.96. The summed E-state index contributed by atoms with van der Waals surface area (Å²) in [4.78, 5) is 15.4. The summed E-state index contributed by atoms with van der Waals surface area (Å²) in [5.74, 6) is -0.505. The highest BCUT2D eigenvalue weighted by Crippen LogP contribution is 2.35. The van der Waals surface area contributed by atoms with Crippen LogP contribution in [0.25, 0.3) is 0 Å². The monoisotopic (exact) mass is 358 g/mol. The zero-order valence-electron chi connectivity index (χ0n) is 12.3. The predicted octanol–water partition coefficient (Wildman–Crippen LogP) is 4.05. The van der Waals surface area contributed by atoms with Crippen molar-refractivity contribution in [1.82, 2.24) is 4.98 Å². The van der Waals surface area contributed by atoms with Crippen LogP contribution < -0.4 is 10.1 Å². The number of thiazole rings is 1. The number of amides is 1. The van der Waals surface area contributed by atoms with E-state index in [0.29, 0.717) is 11.3 Å². The van der Waals surface area contributed by atoms with Gasteiger partial charge >= 0.3 is 6.18 Å². The number of rotatable bonds is 4. The van der Waals surface area contributed by atoms with Crippen LogP contribution in [0.15, 0.2) is 24.4 Å². The summed E-state index contributed by atoms with van der Waals surface area (Å²) in [7, 11) is 0. The Morgan fingerprint density at radius 2 is 2.12 bits per heavy atom. The molecule has 0 bridgehead atoms. The molecule has 1 amide bonds. The van der Waals surface area contributed by atoms with Crippen molar-refractivity contribution in [2.45, 2.75) is 31.5 Å². The van der Waals surface area contributed by atoms with Crippen molar-refractivity contribution in [3.8, 4) is 11.5 Å². The quantitative estimate of drug-likeness (QED) is 0.865. The van der Waals surface area contributed by atoms with Crippen LogP contribution >= 0.6 is 11.3 Å². The summed E-state index contributed by atoms with van der Waals surface area (Å²) < 4.78 is 43.1.